The van der Waals surface area contributed by atoms with Gasteiger partial charge in [-0.1, -0.05) is 17.7 Å². The van der Waals surface area contributed by atoms with E-state index in [0.717, 1.165) is 0 Å². The highest BCUT2D eigenvalue weighted by atomic mass is 35.5. The molecule has 2 aromatic rings. The Balaban J connectivity index is 1.54. The summed E-state index contributed by atoms with van der Waals surface area (Å²) in [6.45, 7) is 3.83. The Kier molecular flexibility index (Phi) is 7.49. The summed E-state index contributed by atoms with van der Waals surface area (Å²) in [5, 5.41) is 6.04. The first-order valence-corrected chi connectivity index (χ1v) is 10.3. The number of piperazine rings is 1. The van der Waals surface area contributed by atoms with Crippen LogP contribution in [0.4, 0.5) is 11.4 Å². The second kappa shape index (κ2) is 10.3. The fourth-order valence-electron chi connectivity index (χ4n) is 3.39. The molecular formula is C22H25ClN4O4. The lowest BCUT2D eigenvalue weighted by atomic mass is 10.2. The van der Waals surface area contributed by atoms with E-state index < -0.39 is 0 Å². The third kappa shape index (κ3) is 6.19. The second-order valence-electron chi connectivity index (χ2n) is 7.22. The van der Waals surface area contributed by atoms with Gasteiger partial charge in [-0.3, -0.25) is 19.3 Å². The van der Waals surface area contributed by atoms with Gasteiger partial charge in [-0.2, -0.15) is 0 Å². The van der Waals surface area contributed by atoms with E-state index in [4.69, 9.17) is 16.3 Å². The van der Waals surface area contributed by atoms with Crippen molar-refractivity contribution in [3.05, 3.63) is 53.1 Å². The number of carbonyl (C=O) groups is 3. The van der Waals surface area contributed by atoms with Gasteiger partial charge in [-0.15, -0.1) is 0 Å². The van der Waals surface area contributed by atoms with Crippen molar-refractivity contribution in [1.29, 1.82) is 0 Å². The lowest BCUT2D eigenvalue weighted by molar-refractivity contribution is -0.117. The van der Waals surface area contributed by atoms with E-state index in [1.807, 2.05) is 4.90 Å². The second-order valence-corrected chi connectivity index (χ2v) is 7.66. The average molecular weight is 445 g/mol. The van der Waals surface area contributed by atoms with Crippen molar-refractivity contribution >= 4 is 40.7 Å². The van der Waals surface area contributed by atoms with E-state index in [2.05, 4.69) is 10.6 Å². The van der Waals surface area contributed by atoms with E-state index in [0.29, 0.717) is 53.9 Å². The zero-order valence-corrected chi connectivity index (χ0v) is 18.2. The number of methoxy groups -OCH3 is 1. The fourth-order valence-corrected chi connectivity index (χ4v) is 3.58. The number of hydrogen-bond acceptors (Lipinski definition) is 5. The Morgan fingerprint density at radius 2 is 1.77 bits per heavy atom. The number of amides is 3. The molecule has 8 nitrogen and oxygen atoms in total. The topological polar surface area (TPSA) is 91.0 Å². The number of nitrogens with zero attached hydrogens (tertiary/aromatic N) is 2. The minimum Gasteiger partial charge on any atom is -0.495 e. The highest BCUT2D eigenvalue weighted by molar-refractivity contribution is 6.30. The van der Waals surface area contributed by atoms with Gasteiger partial charge in [0, 0.05) is 49.4 Å². The number of nitrogens with one attached hydrogen (secondary N) is 2. The van der Waals surface area contributed by atoms with E-state index in [-0.39, 0.29) is 24.3 Å². The molecule has 2 aromatic carbocycles. The lowest BCUT2D eigenvalue weighted by Gasteiger charge is -2.34. The van der Waals surface area contributed by atoms with Crippen molar-refractivity contribution in [2.75, 3.05) is 50.5 Å². The molecule has 0 aromatic heterocycles. The van der Waals surface area contributed by atoms with Gasteiger partial charge < -0.3 is 20.3 Å². The monoisotopic (exact) mass is 444 g/mol. The molecule has 1 saturated heterocycles. The number of anilines is 2. The Labute approximate surface area is 186 Å². The zero-order valence-electron chi connectivity index (χ0n) is 17.5. The molecule has 3 amide bonds. The molecule has 0 radical (unpaired) electrons. The molecule has 0 aliphatic carbocycles. The van der Waals surface area contributed by atoms with E-state index in [9.17, 15) is 14.4 Å². The van der Waals surface area contributed by atoms with Crippen LogP contribution in [-0.4, -0.2) is 67.4 Å². The lowest BCUT2D eigenvalue weighted by Crippen LogP contribution is -2.50. The van der Waals surface area contributed by atoms with Gasteiger partial charge in [0.2, 0.25) is 11.8 Å². The summed E-state index contributed by atoms with van der Waals surface area (Å²) in [5.41, 5.74) is 1.61. The van der Waals surface area contributed by atoms with Crippen LogP contribution in [0.15, 0.2) is 42.5 Å². The molecule has 1 aliphatic heterocycles. The average Bonchev–Trinajstić information content (AvgIpc) is 2.73. The van der Waals surface area contributed by atoms with E-state index >= 15 is 0 Å². The zero-order chi connectivity index (χ0) is 22.4. The summed E-state index contributed by atoms with van der Waals surface area (Å²) < 4.78 is 5.29. The first kappa shape index (κ1) is 22.6. The largest absolute Gasteiger partial charge is 0.495 e. The van der Waals surface area contributed by atoms with E-state index in [1.54, 1.807) is 47.4 Å². The maximum Gasteiger partial charge on any atom is 0.253 e. The molecule has 31 heavy (non-hydrogen) atoms. The normalized spacial score (nSPS) is 14.1. The third-order valence-electron chi connectivity index (χ3n) is 4.89. The van der Waals surface area contributed by atoms with Crippen LogP contribution in [0.5, 0.6) is 5.75 Å². The minimum atomic E-state index is -0.201. The Morgan fingerprint density at radius 3 is 2.42 bits per heavy atom. The molecule has 0 bridgehead atoms. The molecule has 1 heterocycles. The maximum absolute atomic E-state index is 12.6. The molecule has 0 spiro atoms. The highest BCUT2D eigenvalue weighted by Crippen LogP contribution is 2.28. The van der Waals surface area contributed by atoms with Gasteiger partial charge in [0.15, 0.2) is 0 Å². The number of rotatable bonds is 6. The quantitative estimate of drug-likeness (QED) is 0.714. The van der Waals surface area contributed by atoms with Crippen LogP contribution in [0.1, 0.15) is 17.3 Å². The summed E-state index contributed by atoms with van der Waals surface area (Å²) in [5.74, 6) is 0.0334. The molecule has 2 N–H and O–H groups in total. The van der Waals surface area contributed by atoms with Crippen molar-refractivity contribution in [3.63, 3.8) is 0 Å². The van der Waals surface area contributed by atoms with Crippen molar-refractivity contribution in [2.45, 2.75) is 6.92 Å². The number of hydrogen-bond donors (Lipinski definition) is 2. The molecule has 9 heteroatoms. The summed E-state index contributed by atoms with van der Waals surface area (Å²) in [4.78, 5) is 40.2. The van der Waals surface area contributed by atoms with Gasteiger partial charge in [0.25, 0.3) is 5.91 Å². The van der Waals surface area contributed by atoms with Gasteiger partial charge in [0.05, 0.1) is 19.3 Å². The minimum absolute atomic E-state index is 0.0638. The van der Waals surface area contributed by atoms with Crippen molar-refractivity contribution in [3.8, 4) is 5.75 Å². The number of benzene rings is 2. The Bertz CT molecular complexity index is 974. The van der Waals surface area contributed by atoms with Crippen molar-refractivity contribution in [2.24, 2.45) is 0 Å². The van der Waals surface area contributed by atoms with Crippen LogP contribution < -0.4 is 15.4 Å². The summed E-state index contributed by atoms with van der Waals surface area (Å²) in [6.07, 6.45) is 0. The van der Waals surface area contributed by atoms with Gasteiger partial charge in [0.1, 0.15) is 5.75 Å². The predicted molar refractivity (Wildman–Crippen MR) is 120 cm³/mol. The smallest absolute Gasteiger partial charge is 0.253 e. The Morgan fingerprint density at radius 1 is 1.03 bits per heavy atom. The van der Waals surface area contributed by atoms with Gasteiger partial charge >= 0.3 is 0 Å². The first-order chi connectivity index (χ1) is 14.9. The van der Waals surface area contributed by atoms with Gasteiger partial charge in [-0.25, -0.2) is 0 Å². The summed E-state index contributed by atoms with van der Waals surface area (Å²) in [6, 6.07) is 11.9. The van der Waals surface area contributed by atoms with E-state index in [1.165, 1.54) is 14.0 Å². The molecule has 1 fully saturated rings. The van der Waals surface area contributed by atoms with Crippen LogP contribution in [0.3, 0.4) is 0 Å². The van der Waals surface area contributed by atoms with Crippen molar-refractivity contribution in [1.82, 2.24) is 9.80 Å². The number of ether oxygens (including phenoxy) is 1. The fraction of sp³-hybridized carbons (Fsp3) is 0.318. The van der Waals surface area contributed by atoms with Crippen LogP contribution in [0.25, 0.3) is 0 Å². The standard InChI is InChI=1S/C22H25ClN4O4/c1-15(28)24-18-6-7-20(31-2)19(13-18)25-21(29)14-26-8-10-27(11-9-26)22(30)16-4-3-5-17(23)12-16/h3-7,12-13H,8-11,14H2,1-2H3,(H,24,28)(H,25,29). The van der Waals surface area contributed by atoms with Crippen LogP contribution in [0.2, 0.25) is 5.02 Å². The molecule has 0 saturated carbocycles. The van der Waals surface area contributed by atoms with Crippen molar-refractivity contribution < 1.29 is 19.1 Å². The van der Waals surface area contributed by atoms with Crippen LogP contribution in [-0.2, 0) is 9.59 Å². The molecule has 3 rings (SSSR count). The molecule has 1 aliphatic rings. The highest BCUT2D eigenvalue weighted by Gasteiger charge is 2.23. The first-order valence-electron chi connectivity index (χ1n) is 9.88. The molecule has 0 unspecified atom stereocenters. The molecular weight excluding hydrogens is 420 g/mol. The van der Waals surface area contributed by atoms with Crippen LogP contribution >= 0.6 is 11.6 Å². The Hall–Kier alpha value is -3.10. The summed E-state index contributed by atoms with van der Waals surface area (Å²) >= 11 is 5.98. The molecule has 0 atom stereocenters. The van der Waals surface area contributed by atoms with Crippen LogP contribution in [0, 0.1) is 0 Å². The van der Waals surface area contributed by atoms with Gasteiger partial charge in [-0.05, 0) is 36.4 Å². The molecule has 164 valence electrons. The maximum atomic E-state index is 12.6. The summed E-state index contributed by atoms with van der Waals surface area (Å²) in [7, 11) is 1.51. The number of halogens is 1. The predicted octanol–water partition coefficient (Wildman–Crippen LogP) is 2.70. The third-order valence-corrected chi connectivity index (χ3v) is 5.13. The SMILES string of the molecule is COc1ccc(NC(C)=O)cc1NC(=O)CN1CCN(C(=O)c2cccc(Cl)c2)CC1. The number of carbonyl (C=O) groups excluding carboxylic acids is 3.